The number of aliphatic carboxylic acids is 1. The van der Waals surface area contributed by atoms with Gasteiger partial charge in [0.25, 0.3) is 0 Å². The number of hydrogen-bond acceptors (Lipinski definition) is 2. The third kappa shape index (κ3) is 3.80. The third-order valence-electron chi connectivity index (χ3n) is 2.79. The Labute approximate surface area is 117 Å². The molecule has 19 heavy (non-hydrogen) atoms. The van der Waals surface area contributed by atoms with Crippen LogP contribution in [0.1, 0.15) is 23.8 Å². The Hall–Kier alpha value is -1.87. The highest BCUT2D eigenvalue weighted by molar-refractivity contribution is 7.16. The second-order valence-corrected chi connectivity index (χ2v) is 5.44. The molecule has 0 atom stereocenters. The van der Waals surface area contributed by atoms with Crippen molar-refractivity contribution in [1.82, 2.24) is 0 Å². The van der Waals surface area contributed by atoms with Crippen molar-refractivity contribution in [2.24, 2.45) is 0 Å². The summed E-state index contributed by atoms with van der Waals surface area (Å²) < 4.78 is 0. The van der Waals surface area contributed by atoms with E-state index in [4.69, 9.17) is 5.11 Å². The minimum atomic E-state index is -0.918. The van der Waals surface area contributed by atoms with Crippen molar-refractivity contribution in [3.05, 3.63) is 52.9 Å². The number of rotatable bonds is 5. The van der Waals surface area contributed by atoms with Crippen LogP contribution in [0.2, 0.25) is 0 Å². The first kappa shape index (κ1) is 13.6. The zero-order chi connectivity index (χ0) is 13.7. The van der Waals surface area contributed by atoms with E-state index in [0.29, 0.717) is 0 Å². The maximum atomic E-state index is 10.5. The summed E-state index contributed by atoms with van der Waals surface area (Å²) >= 11 is 1.60. The van der Waals surface area contributed by atoms with E-state index in [1.807, 2.05) is 12.1 Å². The van der Waals surface area contributed by atoms with Crippen molar-refractivity contribution >= 4 is 23.4 Å². The average molecular weight is 272 g/mol. The second-order valence-electron chi connectivity index (χ2n) is 4.32. The van der Waals surface area contributed by atoms with Gasteiger partial charge in [-0.25, -0.2) is 4.79 Å². The molecule has 1 aromatic heterocycles. The number of aryl methyl sites for hydroxylation is 1. The molecule has 0 radical (unpaired) electrons. The van der Waals surface area contributed by atoms with E-state index >= 15 is 0 Å². The maximum Gasteiger partial charge on any atom is 0.328 e. The fourth-order valence-corrected chi connectivity index (χ4v) is 2.79. The van der Waals surface area contributed by atoms with Gasteiger partial charge < -0.3 is 5.11 Å². The summed E-state index contributed by atoms with van der Waals surface area (Å²) in [6.07, 6.45) is 5.06. The SMILES string of the molecule is CCCc1ccc(-c2ccc(/C=C/C(=O)O)s2)cc1. The van der Waals surface area contributed by atoms with Gasteiger partial charge in [0.15, 0.2) is 0 Å². The minimum Gasteiger partial charge on any atom is -0.478 e. The number of thiophene rings is 1. The van der Waals surface area contributed by atoms with Crippen LogP contribution in [-0.4, -0.2) is 11.1 Å². The number of carboxylic acids is 1. The zero-order valence-electron chi connectivity index (χ0n) is 10.8. The monoisotopic (exact) mass is 272 g/mol. The van der Waals surface area contributed by atoms with Crippen LogP contribution >= 0.6 is 11.3 Å². The summed E-state index contributed by atoms with van der Waals surface area (Å²) in [6.45, 7) is 2.17. The predicted octanol–water partition coefficient (Wildman–Crippen LogP) is 4.47. The van der Waals surface area contributed by atoms with Crippen LogP contribution in [-0.2, 0) is 11.2 Å². The highest BCUT2D eigenvalue weighted by Crippen LogP contribution is 2.29. The van der Waals surface area contributed by atoms with E-state index in [1.165, 1.54) is 17.2 Å². The largest absolute Gasteiger partial charge is 0.478 e. The van der Waals surface area contributed by atoms with Crippen LogP contribution in [0.5, 0.6) is 0 Å². The lowest BCUT2D eigenvalue weighted by Crippen LogP contribution is -1.84. The van der Waals surface area contributed by atoms with Crippen molar-refractivity contribution in [3.63, 3.8) is 0 Å². The summed E-state index contributed by atoms with van der Waals surface area (Å²) in [5.74, 6) is -0.918. The summed E-state index contributed by atoms with van der Waals surface area (Å²) in [5, 5.41) is 8.60. The number of benzene rings is 1. The van der Waals surface area contributed by atoms with E-state index in [9.17, 15) is 4.79 Å². The first-order valence-corrected chi connectivity index (χ1v) is 7.11. The highest BCUT2D eigenvalue weighted by atomic mass is 32.1. The van der Waals surface area contributed by atoms with Crippen molar-refractivity contribution in [2.45, 2.75) is 19.8 Å². The lowest BCUT2D eigenvalue weighted by molar-refractivity contribution is -0.131. The summed E-state index contributed by atoms with van der Waals surface area (Å²) in [7, 11) is 0. The first-order chi connectivity index (χ1) is 9.19. The normalized spacial score (nSPS) is 11.0. The molecule has 0 fully saturated rings. The Morgan fingerprint density at radius 3 is 2.58 bits per heavy atom. The molecule has 3 heteroatoms. The Bertz CT molecular complexity index is 579. The van der Waals surface area contributed by atoms with Gasteiger partial charge in [-0.3, -0.25) is 0 Å². The maximum absolute atomic E-state index is 10.5. The van der Waals surface area contributed by atoms with Crippen LogP contribution in [0.25, 0.3) is 16.5 Å². The lowest BCUT2D eigenvalue weighted by atomic mass is 10.1. The van der Waals surface area contributed by atoms with Crippen LogP contribution in [0, 0.1) is 0 Å². The molecular formula is C16H16O2S. The van der Waals surface area contributed by atoms with Crippen molar-refractivity contribution in [3.8, 4) is 10.4 Å². The van der Waals surface area contributed by atoms with E-state index in [2.05, 4.69) is 31.2 Å². The molecule has 0 saturated carbocycles. The Morgan fingerprint density at radius 2 is 1.95 bits per heavy atom. The van der Waals surface area contributed by atoms with Crippen LogP contribution in [0.15, 0.2) is 42.5 Å². The quantitative estimate of drug-likeness (QED) is 0.816. The molecule has 0 aliphatic rings. The second kappa shape index (κ2) is 6.34. The molecular weight excluding hydrogens is 256 g/mol. The molecule has 0 amide bonds. The number of carbonyl (C=O) groups is 1. The van der Waals surface area contributed by atoms with Gasteiger partial charge in [0, 0.05) is 15.8 Å². The fraction of sp³-hybridized carbons (Fsp3) is 0.188. The van der Waals surface area contributed by atoms with Gasteiger partial charge in [0.05, 0.1) is 0 Å². The van der Waals surface area contributed by atoms with Crippen molar-refractivity contribution in [2.75, 3.05) is 0 Å². The molecule has 98 valence electrons. The topological polar surface area (TPSA) is 37.3 Å². The Kier molecular flexibility index (Phi) is 4.53. The van der Waals surface area contributed by atoms with E-state index < -0.39 is 5.97 Å². The Morgan fingerprint density at radius 1 is 1.21 bits per heavy atom. The molecule has 2 nitrogen and oxygen atoms in total. The molecule has 0 aliphatic carbocycles. The smallest absolute Gasteiger partial charge is 0.328 e. The summed E-state index contributed by atoms with van der Waals surface area (Å²) in [4.78, 5) is 12.6. The fourth-order valence-electron chi connectivity index (χ4n) is 1.88. The van der Waals surface area contributed by atoms with Gasteiger partial charge in [0.1, 0.15) is 0 Å². The van der Waals surface area contributed by atoms with Crippen molar-refractivity contribution < 1.29 is 9.90 Å². The minimum absolute atomic E-state index is 0.918. The summed E-state index contributed by atoms with van der Waals surface area (Å²) in [5.41, 5.74) is 2.54. The van der Waals surface area contributed by atoms with Gasteiger partial charge >= 0.3 is 5.97 Å². The van der Waals surface area contributed by atoms with Gasteiger partial charge in [0.2, 0.25) is 0 Å². The standard InChI is InChI=1S/C16H16O2S/c1-2-3-12-4-6-13(7-5-12)15-10-8-14(19-15)9-11-16(17)18/h4-11H,2-3H2,1H3,(H,17,18)/b11-9+. The molecule has 2 aromatic rings. The van der Waals surface area contributed by atoms with Gasteiger partial charge in [-0.1, -0.05) is 37.6 Å². The van der Waals surface area contributed by atoms with E-state index in [-0.39, 0.29) is 0 Å². The van der Waals surface area contributed by atoms with Crippen molar-refractivity contribution in [1.29, 1.82) is 0 Å². The highest BCUT2D eigenvalue weighted by Gasteiger charge is 2.02. The number of carboxylic acid groups (broad SMARTS) is 1. The number of hydrogen-bond donors (Lipinski definition) is 1. The Balaban J connectivity index is 2.15. The molecule has 0 aliphatic heterocycles. The van der Waals surface area contributed by atoms with E-state index in [1.54, 1.807) is 17.4 Å². The molecule has 0 saturated heterocycles. The average Bonchev–Trinajstić information content (AvgIpc) is 2.86. The predicted molar refractivity (Wildman–Crippen MR) is 80.4 cm³/mol. The molecule has 1 N–H and O–H groups in total. The molecule has 0 unspecified atom stereocenters. The van der Waals surface area contributed by atoms with Gasteiger partial charge in [-0.2, -0.15) is 0 Å². The van der Waals surface area contributed by atoms with E-state index in [0.717, 1.165) is 22.6 Å². The summed E-state index contributed by atoms with van der Waals surface area (Å²) in [6, 6.07) is 12.5. The van der Waals surface area contributed by atoms with Crippen LogP contribution in [0.3, 0.4) is 0 Å². The molecule has 1 aromatic carbocycles. The third-order valence-corrected chi connectivity index (χ3v) is 3.89. The van der Waals surface area contributed by atoms with Gasteiger partial charge in [-0.05, 0) is 35.8 Å². The molecule has 0 bridgehead atoms. The van der Waals surface area contributed by atoms with Crippen LogP contribution in [0.4, 0.5) is 0 Å². The lowest BCUT2D eigenvalue weighted by Gasteiger charge is -2.00. The first-order valence-electron chi connectivity index (χ1n) is 6.29. The molecule has 1 heterocycles. The zero-order valence-corrected chi connectivity index (χ0v) is 11.6. The van der Waals surface area contributed by atoms with Crippen LogP contribution < -0.4 is 0 Å². The molecule has 0 spiro atoms. The molecule has 2 rings (SSSR count). The van der Waals surface area contributed by atoms with Gasteiger partial charge in [-0.15, -0.1) is 11.3 Å².